The maximum atomic E-state index is 12.3. The van der Waals surface area contributed by atoms with Crippen molar-refractivity contribution in [3.05, 3.63) is 48.2 Å². The molecule has 1 aromatic heterocycles. The van der Waals surface area contributed by atoms with Gasteiger partial charge in [0.15, 0.2) is 11.5 Å². The number of nitrogens with one attached hydrogen (secondary N) is 1. The summed E-state index contributed by atoms with van der Waals surface area (Å²) in [6.07, 6.45) is 1.66. The van der Waals surface area contributed by atoms with E-state index < -0.39 is 0 Å². The van der Waals surface area contributed by atoms with Gasteiger partial charge >= 0.3 is 0 Å². The van der Waals surface area contributed by atoms with Crippen LogP contribution in [0.5, 0.6) is 5.75 Å². The summed E-state index contributed by atoms with van der Waals surface area (Å²) in [5.74, 6) is 1.07. The number of aromatic nitrogens is 1. The highest BCUT2D eigenvalue weighted by Crippen LogP contribution is 2.25. The smallest absolute Gasteiger partial charge is 0.276 e. The fraction of sp³-hybridized carbons (Fsp3) is 0.133. The standard InChI is InChI=1S/C15H14N4O2/c1-19-14-12(4-3-9-16-14)17-15(20)13(18-19)10-5-7-11(21-2)8-6-10/h3-9H,1-2H3,(H,17,20). The van der Waals surface area contributed by atoms with E-state index in [1.165, 1.54) is 0 Å². The van der Waals surface area contributed by atoms with E-state index in [1.54, 1.807) is 61.8 Å². The monoisotopic (exact) mass is 282 g/mol. The molecule has 3 rings (SSSR count). The Bertz CT molecular complexity index is 710. The molecule has 6 heteroatoms. The highest BCUT2D eigenvalue weighted by molar-refractivity contribution is 6.49. The number of carbonyl (C=O) groups excluding carboxylic acids is 1. The van der Waals surface area contributed by atoms with Crippen LogP contribution < -0.4 is 15.1 Å². The number of pyridine rings is 1. The van der Waals surface area contributed by atoms with Gasteiger partial charge in [-0.05, 0) is 36.4 Å². The first kappa shape index (κ1) is 13.1. The molecule has 6 nitrogen and oxygen atoms in total. The summed E-state index contributed by atoms with van der Waals surface area (Å²) in [7, 11) is 3.36. The van der Waals surface area contributed by atoms with Gasteiger partial charge in [-0.3, -0.25) is 4.79 Å². The van der Waals surface area contributed by atoms with Crippen molar-refractivity contribution in [3.8, 4) is 5.75 Å². The van der Waals surface area contributed by atoms with Crippen LogP contribution in [0.15, 0.2) is 47.7 Å². The lowest BCUT2D eigenvalue weighted by Crippen LogP contribution is -2.23. The van der Waals surface area contributed by atoms with Gasteiger partial charge in [-0.2, -0.15) is 5.10 Å². The number of fused-ring (bicyclic) bond motifs is 1. The summed E-state index contributed by atoms with van der Waals surface area (Å²) in [6.45, 7) is 0. The molecule has 0 atom stereocenters. The maximum Gasteiger partial charge on any atom is 0.276 e. The quantitative estimate of drug-likeness (QED) is 0.913. The molecule has 2 heterocycles. The van der Waals surface area contributed by atoms with Crippen molar-refractivity contribution in [1.82, 2.24) is 4.98 Å². The zero-order valence-electron chi connectivity index (χ0n) is 11.7. The number of anilines is 2. The van der Waals surface area contributed by atoms with Crippen molar-refractivity contribution in [2.75, 3.05) is 24.5 Å². The van der Waals surface area contributed by atoms with E-state index in [-0.39, 0.29) is 5.91 Å². The van der Waals surface area contributed by atoms with Crippen molar-refractivity contribution in [1.29, 1.82) is 0 Å². The molecule has 0 saturated carbocycles. The topological polar surface area (TPSA) is 66.8 Å². The molecule has 0 bridgehead atoms. The van der Waals surface area contributed by atoms with Crippen molar-refractivity contribution >= 4 is 23.1 Å². The van der Waals surface area contributed by atoms with Crippen molar-refractivity contribution < 1.29 is 9.53 Å². The minimum Gasteiger partial charge on any atom is -0.497 e. The largest absolute Gasteiger partial charge is 0.497 e. The van der Waals surface area contributed by atoms with Crippen LogP contribution in [0.2, 0.25) is 0 Å². The first-order chi connectivity index (χ1) is 10.2. The van der Waals surface area contributed by atoms with Crippen molar-refractivity contribution in [3.63, 3.8) is 0 Å². The molecule has 0 radical (unpaired) electrons. The number of carbonyl (C=O) groups is 1. The molecule has 106 valence electrons. The fourth-order valence-corrected chi connectivity index (χ4v) is 2.11. The summed E-state index contributed by atoms with van der Waals surface area (Å²) < 4.78 is 5.12. The van der Waals surface area contributed by atoms with Gasteiger partial charge < -0.3 is 10.1 Å². The number of hydrazone groups is 1. The number of methoxy groups -OCH3 is 1. The molecule has 2 aromatic rings. The molecule has 1 aliphatic heterocycles. The van der Waals surface area contributed by atoms with Crippen molar-refractivity contribution in [2.45, 2.75) is 0 Å². The lowest BCUT2D eigenvalue weighted by molar-refractivity contribution is -0.110. The van der Waals surface area contributed by atoms with Crippen LogP contribution in [-0.4, -0.2) is 30.8 Å². The second kappa shape index (κ2) is 5.24. The average Bonchev–Trinajstić information content (AvgIpc) is 2.64. The third-order valence-corrected chi connectivity index (χ3v) is 3.17. The van der Waals surface area contributed by atoms with Crippen molar-refractivity contribution in [2.24, 2.45) is 5.10 Å². The summed E-state index contributed by atoms with van der Waals surface area (Å²) in [5.41, 5.74) is 1.68. The molecule has 0 unspecified atom stereocenters. The number of amides is 1. The number of hydrogen-bond donors (Lipinski definition) is 1. The fourth-order valence-electron chi connectivity index (χ4n) is 2.11. The van der Waals surface area contributed by atoms with Crippen LogP contribution >= 0.6 is 0 Å². The van der Waals surface area contributed by atoms with Crippen LogP contribution in [0, 0.1) is 0 Å². The van der Waals surface area contributed by atoms with Crippen LogP contribution in [-0.2, 0) is 4.79 Å². The summed E-state index contributed by atoms with van der Waals surface area (Å²) in [5, 5.41) is 8.77. The lowest BCUT2D eigenvalue weighted by atomic mass is 10.1. The number of nitrogens with zero attached hydrogens (tertiary/aromatic N) is 3. The molecule has 1 amide bonds. The zero-order valence-corrected chi connectivity index (χ0v) is 11.7. The molecule has 1 aromatic carbocycles. The highest BCUT2D eigenvalue weighted by Gasteiger charge is 2.22. The molecule has 0 fully saturated rings. The van der Waals surface area contributed by atoms with Gasteiger partial charge in [0.1, 0.15) is 5.75 Å². The Hall–Kier alpha value is -2.89. The predicted octanol–water partition coefficient (Wildman–Crippen LogP) is 1.88. The van der Waals surface area contributed by atoms with Crippen LogP contribution in [0.1, 0.15) is 5.56 Å². The maximum absolute atomic E-state index is 12.3. The first-order valence-corrected chi connectivity index (χ1v) is 6.42. The van der Waals surface area contributed by atoms with Crippen LogP contribution in [0.25, 0.3) is 0 Å². The summed E-state index contributed by atoms with van der Waals surface area (Å²) in [6, 6.07) is 10.8. The minimum absolute atomic E-state index is 0.265. The van der Waals surface area contributed by atoms with Gasteiger partial charge in [-0.25, -0.2) is 9.99 Å². The Kier molecular flexibility index (Phi) is 3.27. The van der Waals surface area contributed by atoms with Gasteiger partial charge in [0.05, 0.1) is 12.8 Å². The Labute approximate surface area is 122 Å². The molecule has 1 N–H and O–H groups in total. The van der Waals surface area contributed by atoms with E-state index in [2.05, 4.69) is 15.4 Å². The van der Waals surface area contributed by atoms with Crippen LogP contribution in [0.4, 0.5) is 11.5 Å². The number of hydrogen-bond acceptors (Lipinski definition) is 5. The third kappa shape index (κ3) is 2.43. The Morgan fingerprint density at radius 1 is 1.19 bits per heavy atom. The lowest BCUT2D eigenvalue weighted by Gasteiger charge is -2.12. The SMILES string of the molecule is COc1ccc(C2=NN(C)c3ncccc3NC2=O)cc1. The van der Waals surface area contributed by atoms with Gasteiger partial charge in [-0.15, -0.1) is 0 Å². The van der Waals surface area contributed by atoms with E-state index in [4.69, 9.17) is 4.74 Å². The second-order valence-electron chi connectivity index (χ2n) is 4.53. The van der Waals surface area contributed by atoms with E-state index in [9.17, 15) is 4.79 Å². The van der Waals surface area contributed by atoms with Gasteiger partial charge in [0.2, 0.25) is 0 Å². The highest BCUT2D eigenvalue weighted by atomic mass is 16.5. The number of rotatable bonds is 2. The molecular formula is C15H14N4O2. The molecule has 0 aliphatic carbocycles. The first-order valence-electron chi connectivity index (χ1n) is 6.42. The van der Waals surface area contributed by atoms with E-state index in [0.29, 0.717) is 22.8 Å². The second-order valence-corrected chi connectivity index (χ2v) is 4.53. The van der Waals surface area contributed by atoms with Gasteiger partial charge in [0, 0.05) is 18.8 Å². The molecule has 0 spiro atoms. The third-order valence-electron chi connectivity index (χ3n) is 3.17. The Balaban J connectivity index is 2.01. The molecule has 21 heavy (non-hydrogen) atoms. The van der Waals surface area contributed by atoms with E-state index in [0.717, 1.165) is 5.75 Å². The predicted molar refractivity (Wildman–Crippen MR) is 80.8 cm³/mol. The normalized spacial score (nSPS) is 13.9. The summed E-state index contributed by atoms with van der Waals surface area (Å²) in [4.78, 5) is 16.6. The van der Waals surface area contributed by atoms with E-state index in [1.807, 2.05) is 0 Å². The zero-order chi connectivity index (χ0) is 14.8. The molecule has 0 saturated heterocycles. The Morgan fingerprint density at radius 2 is 1.95 bits per heavy atom. The average molecular weight is 282 g/mol. The van der Waals surface area contributed by atoms with Crippen LogP contribution in [0.3, 0.4) is 0 Å². The van der Waals surface area contributed by atoms with E-state index >= 15 is 0 Å². The Morgan fingerprint density at radius 3 is 2.67 bits per heavy atom. The number of ether oxygens (including phenoxy) is 1. The molecule has 1 aliphatic rings. The minimum atomic E-state index is -0.265. The molecular weight excluding hydrogens is 268 g/mol. The van der Waals surface area contributed by atoms with Gasteiger partial charge in [-0.1, -0.05) is 0 Å². The summed E-state index contributed by atoms with van der Waals surface area (Å²) >= 11 is 0. The van der Waals surface area contributed by atoms with Gasteiger partial charge in [0.25, 0.3) is 5.91 Å². The number of benzene rings is 1.